The summed E-state index contributed by atoms with van der Waals surface area (Å²) in [6.45, 7) is 4.00. The van der Waals surface area contributed by atoms with E-state index in [0.29, 0.717) is 16.6 Å². The minimum absolute atomic E-state index is 0.0273. The fourth-order valence-corrected chi connectivity index (χ4v) is 3.03. The zero-order valence-electron chi connectivity index (χ0n) is 13.6. The first-order chi connectivity index (χ1) is 12.3. The van der Waals surface area contributed by atoms with Gasteiger partial charge in [0.25, 0.3) is 0 Å². The molecule has 138 valence electrons. The van der Waals surface area contributed by atoms with Crippen LogP contribution in [0.15, 0.2) is 30.5 Å². The summed E-state index contributed by atoms with van der Waals surface area (Å²) < 4.78 is 52.2. The number of hydrogen-bond donors (Lipinski definition) is 1. The van der Waals surface area contributed by atoms with Crippen LogP contribution in [0.4, 0.5) is 22.7 Å². The van der Waals surface area contributed by atoms with Crippen molar-refractivity contribution >= 4 is 28.1 Å². The van der Waals surface area contributed by atoms with Gasteiger partial charge in [-0.05, 0) is 35.9 Å². The molecule has 0 amide bonds. The predicted octanol–water partition coefficient (Wildman–Crippen LogP) is 5.69. The first-order valence-corrected chi connectivity index (χ1v) is 8.57. The second-order valence-electron chi connectivity index (χ2n) is 4.63. The first kappa shape index (κ1) is 20.1. The monoisotopic (exact) mass is 404 g/mol. The van der Waals surface area contributed by atoms with Crippen molar-refractivity contribution in [2.45, 2.75) is 20.0 Å². The molecule has 0 saturated carbocycles. The zero-order chi connectivity index (χ0) is 19.5. The van der Waals surface area contributed by atoms with Crippen molar-refractivity contribution in [3.63, 3.8) is 0 Å². The second kappa shape index (κ2) is 7.96. The number of hydrogen-bond acceptors (Lipinski definition) is 5. The maximum absolute atomic E-state index is 13.5. The molecule has 0 aliphatic heterocycles. The summed E-state index contributed by atoms with van der Waals surface area (Å²) in [7, 11) is 0. The highest BCUT2D eigenvalue weighted by atomic mass is 35.5. The molecule has 26 heavy (non-hydrogen) atoms. The van der Waals surface area contributed by atoms with Gasteiger partial charge in [-0.2, -0.15) is 13.2 Å². The van der Waals surface area contributed by atoms with E-state index in [0.717, 1.165) is 17.4 Å². The van der Waals surface area contributed by atoms with Crippen molar-refractivity contribution in [3.8, 4) is 21.8 Å². The van der Waals surface area contributed by atoms with Crippen LogP contribution in [0.2, 0.25) is 5.28 Å². The molecular formula is C16H13ClF4N4S. The minimum Gasteiger partial charge on any atom is -0.375 e. The molecule has 4 nitrogen and oxygen atoms in total. The summed E-state index contributed by atoms with van der Waals surface area (Å²) in [4.78, 5) is 12.2. The molecule has 0 unspecified atom stereocenters. The molecule has 10 heteroatoms. The lowest BCUT2D eigenvalue weighted by molar-refractivity contribution is -0.139. The Morgan fingerprint density at radius 3 is 2.42 bits per heavy atom. The molecule has 1 aromatic carbocycles. The summed E-state index contributed by atoms with van der Waals surface area (Å²) in [5, 5.41) is 0.105. The number of anilines is 1. The molecule has 3 aromatic rings. The van der Waals surface area contributed by atoms with Crippen LogP contribution < -0.4 is 5.73 Å². The third kappa shape index (κ3) is 4.28. The normalized spacial score (nSPS) is 11.0. The molecule has 2 aromatic heterocycles. The van der Waals surface area contributed by atoms with E-state index in [-0.39, 0.29) is 21.7 Å². The fraction of sp³-hybridized carbons (Fsp3) is 0.188. The van der Waals surface area contributed by atoms with E-state index in [1.54, 1.807) is 0 Å². The molecule has 0 bridgehead atoms. The molecule has 0 atom stereocenters. The Hall–Kier alpha value is -2.26. The van der Waals surface area contributed by atoms with Gasteiger partial charge in [-0.15, -0.1) is 0 Å². The molecule has 0 aliphatic rings. The van der Waals surface area contributed by atoms with Gasteiger partial charge in [0.2, 0.25) is 5.28 Å². The molecule has 2 N–H and O–H groups in total. The SMILES string of the molecule is CC.Nc1nc(-c2ccc(F)c(C(F)(F)F)c2)c(-c2ccnc(Cl)n2)s1. The number of thiazole rings is 1. The Balaban J connectivity index is 0.00000117. The lowest BCUT2D eigenvalue weighted by Crippen LogP contribution is -2.08. The van der Waals surface area contributed by atoms with Crippen LogP contribution in [0.1, 0.15) is 19.4 Å². The van der Waals surface area contributed by atoms with Gasteiger partial charge in [-0.25, -0.2) is 19.3 Å². The highest BCUT2D eigenvalue weighted by Crippen LogP contribution is 2.40. The Kier molecular flexibility index (Phi) is 6.14. The van der Waals surface area contributed by atoms with Gasteiger partial charge in [0.15, 0.2) is 5.13 Å². The minimum atomic E-state index is -4.82. The molecule has 0 saturated heterocycles. The van der Waals surface area contributed by atoms with E-state index in [2.05, 4.69) is 15.0 Å². The molecule has 3 rings (SSSR count). The Bertz CT molecular complexity index is 912. The van der Waals surface area contributed by atoms with Gasteiger partial charge in [-0.1, -0.05) is 25.2 Å². The van der Waals surface area contributed by atoms with Gasteiger partial charge in [-0.3, -0.25) is 0 Å². The summed E-state index contributed by atoms with van der Waals surface area (Å²) in [5.74, 6) is -1.36. The molecule has 0 radical (unpaired) electrons. The maximum atomic E-state index is 13.5. The van der Waals surface area contributed by atoms with Crippen LogP contribution in [0.3, 0.4) is 0 Å². The average molecular weight is 405 g/mol. The van der Waals surface area contributed by atoms with Crippen molar-refractivity contribution in [1.29, 1.82) is 0 Å². The smallest absolute Gasteiger partial charge is 0.375 e. The highest BCUT2D eigenvalue weighted by molar-refractivity contribution is 7.19. The van der Waals surface area contributed by atoms with Crippen LogP contribution in [0.5, 0.6) is 0 Å². The number of halogens is 5. The summed E-state index contributed by atoms with van der Waals surface area (Å²) in [6.07, 6.45) is -3.42. The molecule has 0 aliphatic carbocycles. The average Bonchev–Trinajstić information content (AvgIpc) is 2.98. The molecule has 0 spiro atoms. The van der Waals surface area contributed by atoms with E-state index in [1.807, 2.05) is 13.8 Å². The van der Waals surface area contributed by atoms with E-state index in [4.69, 9.17) is 17.3 Å². The van der Waals surface area contributed by atoms with Crippen LogP contribution in [0, 0.1) is 5.82 Å². The van der Waals surface area contributed by atoms with Gasteiger partial charge in [0, 0.05) is 11.8 Å². The molecule has 0 fully saturated rings. The fourth-order valence-electron chi connectivity index (χ4n) is 2.06. The Morgan fingerprint density at radius 1 is 1.12 bits per heavy atom. The van der Waals surface area contributed by atoms with Crippen molar-refractivity contribution < 1.29 is 17.6 Å². The van der Waals surface area contributed by atoms with Gasteiger partial charge in [0.1, 0.15) is 5.82 Å². The van der Waals surface area contributed by atoms with E-state index >= 15 is 0 Å². The number of nitrogens with zero attached hydrogens (tertiary/aromatic N) is 3. The van der Waals surface area contributed by atoms with Crippen LogP contribution in [-0.2, 0) is 6.18 Å². The number of benzene rings is 1. The van der Waals surface area contributed by atoms with Gasteiger partial charge < -0.3 is 5.73 Å². The zero-order valence-corrected chi connectivity index (χ0v) is 15.2. The Morgan fingerprint density at radius 2 is 1.81 bits per heavy atom. The lowest BCUT2D eigenvalue weighted by Gasteiger charge is -2.10. The van der Waals surface area contributed by atoms with Crippen molar-refractivity contribution in [2.75, 3.05) is 5.73 Å². The topological polar surface area (TPSA) is 64.7 Å². The first-order valence-electron chi connectivity index (χ1n) is 7.38. The lowest BCUT2D eigenvalue weighted by atomic mass is 10.1. The quantitative estimate of drug-likeness (QED) is 0.440. The van der Waals surface area contributed by atoms with Crippen molar-refractivity contribution in [2.24, 2.45) is 0 Å². The summed E-state index contributed by atoms with van der Waals surface area (Å²) in [5.41, 5.74) is 4.90. The number of rotatable bonds is 2. The van der Waals surface area contributed by atoms with Crippen LogP contribution in [0.25, 0.3) is 21.8 Å². The van der Waals surface area contributed by atoms with Crippen LogP contribution >= 0.6 is 22.9 Å². The second-order valence-corrected chi connectivity index (χ2v) is 6.00. The maximum Gasteiger partial charge on any atom is 0.419 e. The molecular weight excluding hydrogens is 392 g/mol. The number of aromatic nitrogens is 3. The number of nitrogens with two attached hydrogens (primary N) is 1. The third-order valence-corrected chi connectivity index (χ3v) is 4.14. The summed E-state index contributed by atoms with van der Waals surface area (Å²) in [6, 6.07) is 4.16. The van der Waals surface area contributed by atoms with Crippen molar-refractivity contribution in [3.05, 3.63) is 47.1 Å². The third-order valence-electron chi connectivity index (χ3n) is 3.05. The van der Waals surface area contributed by atoms with Crippen molar-refractivity contribution in [1.82, 2.24) is 15.0 Å². The standard InChI is InChI=1S/C14H7ClF4N4S.C2H6/c15-12-21-4-3-9(22-12)11-10(23-13(20)24-11)6-1-2-8(16)7(5-6)14(17,18)19;1-2/h1-5H,(H2,20,23);1-2H3. The largest absolute Gasteiger partial charge is 0.419 e. The van der Waals surface area contributed by atoms with Gasteiger partial charge in [0.05, 0.1) is 21.8 Å². The van der Waals surface area contributed by atoms with E-state index < -0.39 is 17.6 Å². The van der Waals surface area contributed by atoms with E-state index in [1.165, 1.54) is 18.3 Å². The highest BCUT2D eigenvalue weighted by Gasteiger charge is 2.34. The predicted molar refractivity (Wildman–Crippen MR) is 94.3 cm³/mol. The molecule has 2 heterocycles. The van der Waals surface area contributed by atoms with E-state index in [9.17, 15) is 17.6 Å². The summed E-state index contributed by atoms with van der Waals surface area (Å²) >= 11 is 6.77. The number of alkyl halides is 3. The van der Waals surface area contributed by atoms with Crippen LogP contribution in [-0.4, -0.2) is 15.0 Å². The van der Waals surface area contributed by atoms with Gasteiger partial charge >= 0.3 is 6.18 Å². The number of nitrogen functional groups attached to an aromatic ring is 1. The Labute approximate surface area is 155 Å².